The molecule has 0 saturated heterocycles. The molecule has 1 unspecified atom stereocenters. The summed E-state index contributed by atoms with van der Waals surface area (Å²) in [7, 11) is 0. The average molecular weight is 369 g/mol. The van der Waals surface area contributed by atoms with Gasteiger partial charge in [0.25, 0.3) is 5.69 Å². The minimum absolute atomic E-state index is 0.0398. The molecule has 0 radical (unpaired) electrons. The summed E-state index contributed by atoms with van der Waals surface area (Å²) >= 11 is 0. The molecule has 27 heavy (non-hydrogen) atoms. The Bertz CT molecular complexity index is 849. The van der Waals surface area contributed by atoms with Crippen LogP contribution in [-0.4, -0.2) is 28.4 Å². The number of hydrogen-bond donors (Lipinski definition) is 3. The summed E-state index contributed by atoms with van der Waals surface area (Å²) < 4.78 is 0. The van der Waals surface area contributed by atoms with Gasteiger partial charge >= 0.3 is 11.8 Å². The van der Waals surface area contributed by atoms with E-state index >= 15 is 0 Å². The fourth-order valence-corrected chi connectivity index (χ4v) is 2.92. The van der Waals surface area contributed by atoms with E-state index in [-0.39, 0.29) is 23.8 Å². The number of carbonyl (C=O) groups is 2. The maximum absolute atomic E-state index is 12.1. The number of anilines is 1. The highest BCUT2D eigenvalue weighted by Crippen LogP contribution is 2.45. The lowest BCUT2D eigenvalue weighted by molar-refractivity contribution is -0.384. The Hall–Kier alpha value is -3.26. The topological polar surface area (TPSA) is 122 Å². The SMILES string of the molecule is O=C(NCC(O)(c1ccccc1)C1CC1)C(=O)Nc1ccc([N+](=O)[O-])cc1. The zero-order valence-corrected chi connectivity index (χ0v) is 14.4. The Balaban J connectivity index is 1.60. The van der Waals surface area contributed by atoms with Crippen molar-refractivity contribution in [1.29, 1.82) is 0 Å². The molecule has 0 aliphatic heterocycles. The van der Waals surface area contributed by atoms with Gasteiger partial charge in [-0.05, 0) is 36.5 Å². The predicted molar refractivity (Wildman–Crippen MR) is 97.8 cm³/mol. The third-order valence-corrected chi connectivity index (χ3v) is 4.59. The van der Waals surface area contributed by atoms with E-state index in [0.29, 0.717) is 5.56 Å². The van der Waals surface area contributed by atoms with Gasteiger partial charge in [-0.15, -0.1) is 0 Å². The van der Waals surface area contributed by atoms with Crippen LogP contribution in [0.3, 0.4) is 0 Å². The van der Waals surface area contributed by atoms with Gasteiger partial charge in [0.2, 0.25) is 0 Å². The van der Waals surface area contributed by atoms with Gasteiger partial charge in [0, 0.05) is 17.8 Å². The van der Waals surface area contributed by atoms with Crippen molar-refractivity contribution in [3.05, 3.63) is 70.3 Å². The van der Waals surface area contributed by atoms with Crippen LogP contribution in [0.5, 0.6) is 0 Å². The monoisotopic (exact) mass is 369 g/mol. The molecule has 2 amide bonds. The second kappa shape index (κ2) is 7.55. The van der Waals surface area contributed by atoms with Crippen molar-refractivity contribution in [2.24, 2.45) is 5.92 Å². The summed E-state index contributed by atoms with van der Waals surface area (Å²) in [5.74, 6) is -1.75. The third-order valence-electron chi connectivity index (χ3n) is 4.59. The molecule has 8 heteroatoms. The average Bonchev–Trinajstić information content (AvgIpc) is 3.52. The zero-order chi connectivity index (χ0) is 19.4. The van der Waals surface area contributed by atoms with Gasteiger partial charge in [0.15, 0.2) is 0 Å². The Kier molecular flexibility index (Phi) is 5.18. The lowest BCUT2D eigenvalue weighted by Gasteiger charge is -2.29. The molecule has 1 aliphatic rings. The Morgan fingerprint density at radius 3 is 2.26 bits per heavy atom. The summed E-state index contributed by atoms with van der Waals surface area (Å²) in [5, 5.41) is 26.5. The summed E-state index contributed by atoms with van der Waals surface area (Å²) in [6, 6.07) is 14.2. The Morgan fingerprint density at radius 2 is 1.70 bits per heavy atom. The molecule has 1 saturated carbocycles. The van der Waals surface area contributed by atoms with E-state index in [1.165, 1.54) is 24.3 Å². The number of rotatable bonds is 6. The Labute approximate surface area is 155 Å². The van der Waals surface area contributed by atoms with Gasteiger partial charge in [0.1, 0.15) is 5.60 Å². The standard InChI is InChI=1S/C19H19N3O5/c23-17(18(24)21-15-8-10-16(11-9-15)22(26)27)20-12-19(25,14-6-7-14)13-4-2-1-3-5-13/h1-5,8-11,14,25H,6-7,12H2,(H,20,23)(H,21,24). The van der Waals surface area contributed by atoms with E-state index in [1.807, 2.05) is 18.2 Å². The number of nitro benzene ring substituents is 1. The molecule has 8 nitrogen and oxygen atoms in total. The second-order valence-corrected chi connectivity index (χ2v) is 6.51. The first-order chi connectivity index (χ1) is 12.9. The van der Waals surface area contributed by atoms with Crippen LogP contribution in [0.4, 0.5) is 11.4 Å². The lowest BCUT2D eigenvalue weighted by atomic mass is 9.88. The van der Waals surface area contributed by atoms with Gasteiger partial charge in [-0.2, -0.15) is 0 Å². The number of nitrogens with one attached hydrogen (secondary N) is 2. The van der Waals surface area contributed by atoms with Gasteiger partial charge in [-0.1, -0.05) is 30.3 Å². The van der Waals surface area contributed by atoms with Crippen LogP contribution in [-0.2, 0) is 15.2 Å². The molecule has 0 heterocycles. The number of benzene rings is 2. The molecule has 2 aromatic carbocycles. The number of carbonyl (C=O) groups excluding carboxylic acids is 2. The van der Waals surface area contributed by atoms with E-state index in [4.69, 9.17) is 0 Å². The minimum Gasteiger partial charge on any atom is -0.383 e. The molecule has 3 rings (SSSR count). The molecule has 1 atom stereocenters. The maximum Gasteiger partial charge on any atom is 0.313 e. The van der Waals surface area contributed by atoms with Crippen molar-refractivity contribution in [2.45, 2.75) is 18.4 Å². The highest BCUT2D eigenvalue weighted by Gasteiger charge is 2.45. The van der Waals surface area contributed by atoms with E-state index in [2.05, 4.69) is 10.6 Å². The van der Waals surface area contributed by atoms with Crippen LogP contribution in [0.2, 0.25) is 0 Å². The number of nitrogens with zero attached hydrogens (tertiary/aromatic N) is 1. The van der Waals surface area contributed by atoms with Crippen molar-refractivity contribution in [3.8, 4) is 0 Å². The summed E-state index contributed by atoms with van der Waals surface area (Å²) in [6.07, 6.45) is 1.71. The van der Waals surface area contributed by atoms with Crippen LogP contribution in [0, 0.1) is 16.0 Å². The van der Waals surface area contributed by atoms with Gasteiger partial charge in [0.05, 0.1) is 11.5 Å². The molecule has 0 spiro atoms. The number of hydrogen-bond acceptors (Lipinski definition) is 5. The van der Waals surface area contributed by atoms with E-state index < -0.39 is 22.3 Å². The van der Waals surface area contributed by atoms with Gasteiger partial charge in [-0.25, -0.2) is 0 Å². The normalized spacial score (nSPS) is 15.4. The van der Waals surface area contributed by atoms with Crippen LogP contribution < -0.4 is 10.6 Å². The molecule has 2 aromatic rings. The molecule has 1 fully saturated rings. The summed E-state index contributed by atoms with van der Waals surface area (Å²) in [6.45, 7) is -0.0752. The van der Waals surface area contributed by atoms with E-state index in [0.717, 1.165) is 12.8 Å². The van der Waals surface area contributed by atoms with Crippen molar-refractivity contribution < 1.29 is 19.6 Å². The van der Waals surface area contributed by atoms with Crippen molar-refractivity contribution in [3.63, 3.8) is 0 Å². The quantitative estimate of drug-likeness (QED) is 0.408. The highest BCUT2D eigenvalue weighted by atomic mass is 16.6. The molecule has 140 valence electrons. The molecule has 0 bridgehead atoms. The van der Waals surface area contributed by atoms with Crippen LogP contribution >= 0.6 is 0 Å². The van der Waals surface area contributed by atoms with Crippen molar-refractivity contribution in [2.75, 3.05) is 11.9 Å². The molecular weight excluding hydrogens is 350 g/mol. The lowest BCUT2D eigenvalue weighted by Crippen LogP contribution is -2.45. The minimum atomic E-state index is -1.22. The molecule has 3 N–H and O–H groups in total. The fraction of sp³-hybridized carbons (Fsp3) is 0.263. The molecular formula is C19H19N3O5. The van der Waals surface area contributed by atoms with Crippen LogP contribution in [0.1, 0.15) is 18.4 Å². The predicted octanol–water partition coefficient (Wildman–Crippen LogP) is 1.95. The second-order valence-electron chi connectivity index (χ2n) is 6.51. The molecule has 0 aromatic heterocycles. The van der Waals surface area contributed by atoms with Crippen LogP contribution in [0.25, 0.3) is 0 Å². The van der Waals surface area contributed by atoms with Gasteiger partial charge in [-0.3, -0.25) is 19.7 Å². The van der Waals surface area contributed by atoms with Crippen LogP contribution in [0.15, 0.2) is 54.6 Å². The summed E-state index contributed by atoms with van der Waals surface area (Å²) in [5.41, 5.74) is -0.371. The summed E-state index contributed by atoms with van der Waals surface area (Å²) in [4.78, 5) is 34.2. The number of amides is 2. The molecule has 1 aliphatic carbocycles. The van der Waals surface area contributed by atoms with Crippen molar-refractivity contribution >= 4 is 23.2 Å². The maximum atomic E-state index is 12.1. The van der Waals surface area contributed by atoms with E-state index in [1.54, 1.807) is 12.1 Å². The third kappa shape index (κ3) is 4.29. The first-order valence-electron chi connectivity index (χ1n) is 8.51. The largest absolute Gasteiger partial charge is 0.383 e. The number of nitro groups is 1. The number of non-ortho nitro benzene ring substituents is 1. The Morgan fingerprint density at radius 1 is 1.07 bits per heavy atom. The first-order valence-corrected chi connectivity index (χ1v) is 8.51. The zero-order valence-electron chi connectivity index (χ0n) is 14.4. The number of aliphatic hydroxyl groups is 1. The highest BCUT2D eigenvalue weighted by molar-refractivity contribution is 6.39. The first kappa shape index (κ1) is 18.5. The van der Waals surface area contributed by atoms with Crippen molar-refractivity contribution in [1.82, 2.24) is 5.32 Å². The smallest absolute Gasteiger partial charge is 0.313 e. The van der Waals surface area contributed by atoms with E-state index in [9.17, 15) is 24.8 Å². The fourth-order valence-electron chi connectivity index (χ4n) is 2.92. The van der Waals surface area contributed by atoms with Gasteiger partial charge < -0.3 is 15.7 Å².